The van der Waals surface area contributed by atoms with Crippen LogP contribution in [0.25, 0.3) is 10.1 Å². The number of rotatable bonds is 8. The predicted molar refractivity (Wildman–Crippen MR) is 119 cm³/mol. The summed E-state index contributed by atoms with van der Waals surface area (Å²) in [6, 6.07) is 14.8. The van der Waals surface area contributed by atoms with Gasteiger partial charge in [-0.25, -0.2) is 0 Å². The molecule has 0 bridgehead atoms. The fourth-order valence-corrected chi connectivity index (χ4v) is 4.50. The van der Waals surface area contributed by atoms with Gasteiger partial charge in [0.25, 0.3) is 0 Å². The average molecular weight is 423 g/mol. The molecule has 5 N–H and O–H groups in total. The van der Waals surface area contributed by atoms with E-state index in [-0.39, 0.29) is 5.84 Å². The van der Waals surface area contributed by atoms with Gasteiger partial charge in [0.1, 0.15) is 24.0 Å². The monoisotopic (exact) mass is 422 g/mol. The van der Waals surface area contributed by atoms with Crippen molar-refractivity contribution in [3.63, 3.8) is 0 Å². The number of carboxylic acids is 1. The number of amidine groups is 2. The molecule has 7 nitrogen and oxygen atoms in total. The number of aliphatic carboxylic acids is 1. The van der Waals surface area contributed by atoms with Gasteiger partial charge >= 0.3 is 5.97 Å². The van der Waals surface area contributed by atoms with Crippen LogP contribution in [-0.4, -0.2) is 42.4 Å². The first-order valence-electron chi connectivity index (χ1n) is 9.59. The molecular weight excluding hydrogens is 400 g/mol. The Kier molecular flexibility index (Phi) is 5.67. The van der Waals surface area contributed by atoms with Gasteiger partial charge in [0, 0.05) is 21.7 Å². The molecular formula is C22H22N4O3S. The van der Waals surface area contributed by atoms with E-state index in [9.17, 15) is 9.90 Å². The third kappa shape index (κ3) is 4.44. The number of hydrogen-bond acceptors (Lipinski definition) is 6. The molecule has 1 aliphatic rings. The summed E-state index contributed by atoms with van der Waals surface area (Å²) in [6.07, 6.45) is 0.394. The first-order valence-corrected chi connectivity index (χ1v) is 10.4. The standard InChI is InChI=1S/C22H22N4O3S/c23-21(24)14-3-6-19-15(9-14)10-17(30-19)11-18(22(27)28)13-1-4-16(5-2-13)29-12-20-25-7-8-26-20/h1-6,9-10,18H,7-8,11-12H2,(H3,23,24)(H,25,26)(H,27,28). The first kappa shape index (κ1) is 19.9. The van der Waals surface area contributed by atoms with Crippen LogP contribution in [0, 0.1) is 5.41 Å². The SMILES string of the molecule is N=C(N)c1ccc2sc(CC(C(=O)O)c3ccc(OCC4=NCCN4)cc3)cc2c1. The lowest BCUT2D eigenvalue weighted by Crippen LogP contribution is -2.24. The number of nitrogens with two attached hydrogens (primary N) is 1. The predicted octanol–water partition coefficient (Wildman–Crippen LogP) is 2.98. The fourth-order valence-electron chi connectivity index (χ4n) is 3.41. The molecule has 2 heterocycles. The number of thiophene rings is 1. The quantitative estimate of drug-likeness (QED) is 0.328. The summed E-state index contributed by atoms with van der Waals surface area (Å²) in [5.74, 6) is 0.0135. The Hall–Kier alpha value is -3.39. The van der Waals surface area contributed by atoms with Crippen molar-refractivity contribution in [1.29, 1.82) is 5.41 Å². The van der Waals surface area contributed by atoms with Crippen molar-refractivity contribution in [2.45, 2.75) is 12.3 Å². The van der Waals surface area contributed by atoms with Crippen molar-refractivity contribution < 1.29 is 14.6 Å². The van der Waals surface area contributed by atoms with Crippen molar-refractivity contribution in [2.24, 2.45) is 10.7 Å². The van der Waals surface area contributed by atoms with Crippen LogP contribution in [0.5, 0.6) is 5.75 Å². The fraction of sp³-hybridized carbons (Fsp3) is 0.227. The minimum Gasteiger partial charge on any atom is -0.486 e. The number of fused-ring (bicyclic) bond motifs is 1. The maximum Gasteiger partial charge on any atom is 0.311 e. The minimum atomic E-state index is -0.866. The molecule has 1 aromatic heterocycles. The molecule has 0 spiro atoms. The smallest absolute Gasteiger partial charge is 0.311 e. The van der Waals surface area contributed by atoms with Gasteiger partial charge in [0.05, 0.1) is 12.5 Å². The van der Waals surface area contributed by atoms with Gasteiger partial charge in [0.2, 0.25) is 0 Å². The van der Waals surface area contributed by atoms with Gasteiger partial charge in [-0.3, -0.25) is 15.2 Å². The molecule has 1 atom stereocenters. The second kappa shape index (κ2) is 8.54. The topological polar surface area (TPSA) is 121 Å². The number of benzene rings is 2. The molecule has 154 valence electrons. The van der Waals surface area contributed by atoms with Gasteiger partial charge < -0.3 is 20.9 Å². The number of nitrogen functional groups attached to an aromatic ring is 1. The first-order chi connectivity index (χ1) is 14.5. The highest BCUT2D eigenvalue weighted by Crippen LogP contribution is 2.31. The highest BCUT2D eigenvalue weighted by atomic mass is 32.1. The average Bonchev–Trinajstić information content (AvgIpc) is 3.39. The highest BCUT2D eigenvalue weighted by Gasteiger charge is 2.22. The number of nitrogens with one attached hydrogen (secondary N) is 2. The Balaban J connectivity index is 1.49. The largest absolute Gasteiger partial charge is 0.486 e. The third-order valence-electron chi connectivity index (χ3n) is 4.98. The van der Waals surface area contributed by atoms with Gasteiger partial charge in [0.15, 0.2) is 0 Å². The van der Waals surface area contributed by atoms with Crippen molar-refractivity contribution in [2.75, 3.05) is 19.7 Å². The van der Waals surface area contributed by atoms with Crippen LogP contribution in [0.3, 0.4) is 0 Å². The molecule has 0 saturated heterocycles. The van der Waals surface area contributed by atoms with Crippen LogP contribution in [0.1, 0.15) is 21.9 Å². The number of carboxylic acid groups (broad SMARTS) is 1. The molecule has 1 aliphatic heterocycles. The highest BCUT2D eigenvalue weighted by molar-refractivity contribution is 7.19. The summed E-state index contributed by atoms with van der Waals surface area (Å²) in [7, 11) is 0. The molecule has 3 aromatic rings. The van der Waals surface area contributed by atoms with Crippen molar-refractivity contribution in [1.82, 2.24) is 5.32 Å². The Bertz CT molecular complexity index is 1120. The second-order valence-corrected chi connectivity index (χ2v) is 8.26. The summed E-state index contributed by atoms with van der Waals surface area (Å²) < 4.78 is 6.76. The third-order valence-corrected chi connectivity index (χ3v) is 6.12. The molecule has 0 radical (unpaired) electrons. The summed E-state index contributed by atoms with van der Waals surface area (Å²) in [6.45, 7) is 1.99. The Morgan fingerprint density at radius 2 is 2.07 bits per heavy atom. The van der Waals surface area contributed by atoms with Gasteiger partial charge in [-0.05, 0) is 53.8 Å². The van der Waals surface area contributed by atoms with Crippen LogP contribution in [0.15, 0.2) is 53.5 Å². The van der Waals surface area contributed by atoms with Gasteiger partial charge in [-0.15, -0.1) is 11.3 Å². The molecule has 0 aliphatic carbocycles. The molecule has 4 rings (SSSR count). The zero-order chi connectivity index (χ0) is 21.1. The van der Waals surface area contributed by atoms with E-state index < -0.39 is 11.9 Å². The molecule has 1 unspecified atom stereocenters. The molecule has 0 saturated carbocycles. The molecule has 0 amide bonds. The minimum absolute atomic E-state index is 0.0196. The lowest BCUT2D eigenvalue weighted by molar-refractivity contribution is -0.138. The van der Waals surface area contributed by atoms with Crippen LogP contribution in [-0.2, 0) is 11.2 Å². The number of ether oxygens (including phenoxy) is 1. The summed E-state index contributed by atoms with van der Waals surface area (Å²) in [4.78, 5) is 17.2. The number of aliphatic imine (C=N–C) groups is 1. The summed E-state index contributed by atoms with van der Waals surface area (Å²) >= 11 is 1.56. The van der Waals surface area contributed by atoms with E-state index in [2.05, 4.69) is 10.3 Å². The van der Waals surface area contributed by atoms with E-state index in [1.54, 1.807) is 35.6 Å². The van der Waals surface area contributed by atoms with Crippen LogP contribution >= 0.6 is 11.3 Å². The Morgan fingerprint density at radius 3 is 2.73 bits per heavy atom. The number of hydrogen-bond donors (Lipinski definition) is 4. The van der Waals surface area contributed by atoms with Crippen molar-refractivity contribution in [3.8, 4) is 5.75 Å². The van der Waals surface area contributed by atoms with E-state index >= 15 is 0 Å². The van der Waals surface area contributed by atoms with Crippen LogP contribution in [0.2, 0.25) is 0 Å². The van der Waals surface area contributed by atoms with E-state index in [0.29, 0.717) is 24.3 Å². The zero-order valence-electron chi connectivity index (χ0n) is 16.2. The maximum atomic E-state index is 12.0. The van der Waals surface area contributed by atoms with E-state index in [0.717, 1.165) is 39.5 Å². The Morgan fingerprint density at radius 1 is 1.27 bits per heavy atom. The van der Waals surface area contributed by atoms with Crippen LogP contribution in [0.4, 0.5) is 0 Å². The van der Waals surface area contributed by atoms with E-state index in [1.807, 2.05) is 24.3 Å². The van der Waals surface area contributed by atoms with E-state index in [1.165, 1.54) is 0 Å². The zero-order valence-corrected chi connectivity index (χ0v) is 17.0. The van der Waals surface area contributed by atoms with Crippen LogP contribution < -0.4 is 15.8 Å². The van der Waals surface area contributed by atoms with E-state index in [4.69, 9.17) is 15.9 Å². The molecule has 2 aromatic carbocycles. The van der Waals surface area contributed by atoms with Crippen molar-refractivity contribution in [3.05, 3.63) is 64.5 Å². The molecule has 30 heavy (non-hydrogen) atoms. The molecule has 0 fully saturated rings. The second-order valence-electron chi connectivity index (χ2n) is 7.09. The Labute approximate surface area is 177 Å². The summed E-state index contributed by atoms with van der Waals surface area (Å²) in [5.41, 5.74) is 6.96. The van der Waals surface area contributed by atoms with Crippen molar-refractivity contribution >= 4 is 39.1 Å². The normalized spacial score (nSPS) is 14.2. The summed E-state index contributed by atoms with van der Waals surface area (Å²) in [5, 5.41) is 21.5. The number of nitrogens with zero attached hydrogens (tertiary/aromatic N) is 1. The number of carbonyl (C=O) groups is 1. The van der Waals surface area contributed by atoms with Gasteiger partial charge in [-0.1, -0.05) is 12.1 Å². The maximum absolute atomic E-state index is 12.0. The lowest BCUT2D eigenvalue weighted by atomic mass is 9.95. The lowest BCUT2D eigenvalue weighted by Gasteiger charge is -2.13. The van der Waals surface area contributed by atoms with Gasteiger partial charge in [-0.2, -0.15) is 0 Å². The molecule has 8 heteroatoms.